The van der Waals surface area contributed by atoms with Crippen molar-refractivity contribution < 1.29 is 0 Å². The zero-order chi connectivity index (χ0) is 13.8. The van der Waals surface area contributed by atoms with Gasteiger partial charge in [-0.2, -0.15) is 0 Å². The van der Waals surface area contributed by atoms with E-state index >= 15 is 0 Å². The van der Waals surface area contributed by atoms with Crippen LogP contribution in [0.1, 0.15) is 26.6 Å². The van der Waals surface area contributed by atoms with Crippen LogP contribution in [0.15, 0.2) is 11.4 Å². The molecule has 2 heterocycles. The van der Waals surface area contributed by atoms with Gasteiger partial charge in [0.25, 0.3) is 0 Å². The van der Waals surface area contributed by atoms with E-state index in [-0.39, 0.29) is 0 Å². The van der Waals surface area contributed by atoms with Crippen LogP contribution in [0.4, 0.5) is 5.82 Å². The second-order valence-corrected chi connectivity index (χ2v) is 6.14. The van der Waals surface area contributed by atoms with Crippen LogP contribution in [-0.2, 0) is 6.54 Å². The summed E-state index contributed by atoms with van der Waals surface area (Å²) in [4.78, 5) is 12.6. The van der Waals surface area contributed by atoms with Gasteiger partial charge in [0.05, 0.1) is 11.9 Å². The van der Waals surface area contributed by atoms with Gasteiger partial charge >= 0.3 is 0 Å². The van der Waals surface area contributed by atoms with Crippen LogP contribution in [0.5, 0.6) is 0 Å². The van der Waals surface area contributed by atoms with Gasteiger partial charge in [-0.15, -0.1) is 11.3 Å². The molecule has 2 aromatic heterocycles. The zero-order valence-electron chi connectivity index (χ0n) is 12.1. The molecular formula is C14H22N4S. The summed E-state index contributed by atoms with van der Waals surface area (Å²) >= 11 is 1.67. The molecule has 5 heteroatoms. The molecule has 2 aromatic rings. The van der Waals surface area contributed by atoms with Gasteiger partial charge in [-0.05, 0) is 31.3 Å². The fraction of sp³-hybridized carbons (Fsp3) is 0.571. The van der Waals surface area contributed by atoms with E-state index in [1.165, 1.54) is 0 Å². The van der Waals surface area contributed by atoms with Gasteiger partial charge in [0.15, 0.2) is 0 Å². The van der Waals surface area contributed by atoms with Crippen molar-refractivity contribution >= 4 is 27.4 Å². The van der Waals surface area contributed by atoms with Crippen molar-refractivity contribution in [3.63, 3.8) is 0 Å². The molecule has 0 aliphatic carbocycles. The SMILES string of the molecule is CCNc1nc(CN(C)CC(C)C)nc2sccc12. The Bertz CT molecular complexity index is 535. The molecule has 0 bridgehead atoms. The summed E-state index contributed by atoms with van der Waals surface area (Å²) in [6, 6.07) is 2.08. The minimum absolute atomic E-state index is 0.656. The highest BCUT2D eigenvalue weighted by molar-refractivity contribution is 7.16. The Kier molecular flexibility index (Phi) is 4.71. The van der Waals surface area contributed by atoms with Gasteiger partial charge in [0.2, 0.25) is 0 Å². The minimum Gasteiger partial charge on any atom is -0.370 e. The molecule has 0 amide bonds. The lowest BCUT2D eigenvalue weighted by Crippen LogP contribution is -2.24. The van der Waals surface area contributed by atoms with Gasteiger partial charge < -0.3 is 5.32 Å². The standard InChI is InChI=1S/C14H22N4S/c1-5-15-13-11-6-7-19-14(11)17-12(16-13)9-18(4)8-10(2)3/h6-7,10H,5,8-9H2,1-4H3,(H,15,16,17). The molecule has 1 N–H and O–H groups in total. The minimum atomic E-state index is 0.656. The Labute approximate surface area is 118 Å². The Morgan fingerprint density at radius 1 is 1.37 bits per heavy atom. The van der Waals surface area contributed by atoms with E-state index in [1.54, 1.807) is 11.3 Å². The van der Waals surface area contributed by atoms with Gasteiger partial charge in [-0.1, -0.05) is 13.8 Å². The van der Waals surface area contributed by atoms with Crippen molar-refractivity contribution in [2.75, 3.05) is 25.5 Å². The quantitative estimate of drug-likeness (QED) is 0.881. The van der Waals surface area contributed by atoms with E-state index in [2.05, 4.69) is 59.4 Å². The lowest BCUT2D eigenvalue weighted by atomic mass is 10.2. The summed E-state index contributed by atoms with van der Waals surface area (Å²) in [5.74, 6) is 2.51. The van der Waals surface area contributed by atoms with E-state index in [9.17, 15) is 0 Å². The third kappa shape index (κ3) is 3.64. The molecule has 0 saturated carbocycles. The summed E-state index contributed by atoms with van der Waals surface area (Å²) in [6.07, 6.45) is 0. The van der Waals surface area contributed by atoms with E-state index in [0.29, 0.717) is 5.92 Å². The first kappa shape index (κ1) is 14.2. The number of thiophene rings is 1. The zero-order valence-corrected chi connectivity index (χ0v) is 12.9. The third-order valence-electron chi connectivity index (χ3n) is 2.80. The van der Waals surface area contributed by atoms with Crippen LogP contribution in [0.25, 0.3) is 10.2 Å². The van der Waals surface area contributed by atoms with Crippen LogP contribution in [-0.4, -0.2) is 35.0 Å². The smallest absolute Gasteiger partial charge is 0.146 e. The van der Waals surface area contributed by atoms with Gasteiger partial charge in [0.1, 0.15) is 16.5 Å². The van der Waals surface area contributed by atoms with Crippen LogP contribution in [0.2, 0.25) is 0 Å². The molecule has 0 saturated heterocycles. The molecular weight excluding hydrogens is 256 g/mol. The highest BCUT2D eigenvalue weighted by Crippen LogP contribution is 2.25. The molecule has 0 spiro atoms. The number of fused-ring (bicyclic) bond motifs is 1. The summed E-state index contributed by atoms with van der Waals surface area (Å²) in [5.41, 5.74) is 0. The molecule has 0 atom stereocenters. The first-order valence-corrected chi connectivity index (χ1v) is 7.64. The molecule has 0 aromatic carbocycles. The van der Waals surface area contributed by atoms with E-state index in [0.717, 1.165) is 41.5 Å². The fourth-order valence-electron chi connectivity index (χ4n) is 2.20. The largest absolute Gasteiger partial charge is 0.370 e. The Morgan fingerprint density at radius 3 is 2.84 bits per heavy atom. The predicted octanol–water partition coefficient (Wildman–Crippen LogP) is 3.21. The second kappa shape index (κ2) is 6.30. The first-order chi connectivity index (χ1) is 9.10. The second-order valence-electron chi connectivity index (χ2n) is 5.25. The monoisotopic (exact) mass is 278 g/mol. The predicted molar refractivity (Wildman–Crippen MR) is 82.8 cm³/mol. The molecule has 0 aliphatic rings. The Morgan fingerprint density at radius 2 is 2.16 bits per heavy atom. The first-order valence-electron chi connectivity index (χ1n) is 6.76. The highest BCUT2D eigenvalue weighted by atomic mass is 32.1. The summed E-state index contributed by atoms with van der Waals surface area (Å²) in [5, 5.41) is 6.53. The van der Waals surface area contributed by atoms with Crippen LogP contribution >= 0.6 is 11.3 Å². The lowest BCUT2D eigenvalue weighted by Gasteiger charge is -2.18. The highest BCUT2D eigenvalue weighted by Gasteiger charge is 2.10. The number of aromatic nitrogens is 2. The van der Waals surface area contributed by atoms with Crippen molar-refractivity contribution in [2.45, 2.75) is 27.3 Å². The fourth-order valence-corrected chi connectivity index (χ4v) is 2.98. The van der Waals surface area contributed by atoms with E-state index in [4.69, 9.17) is 0 Å². The molecule has 0 aliphatic heterocycles. The maximum absolute atomic E-state index is 4.65. The van der Waals surface area contributed by atoms with Crippen LogP contribution in [0, 0.1) is 5.92 Å². The van der Waals surface area contributed by atoms with Crippen LogP contribution in [0.3, 0.4) is 0 Å². The number of nitrogens with zero attached hydrogens (tertiary/aromatic N) is 3. The molecule has 19 heavy (non-hydrogen) atoms. The number of hydrogen-bond donors (Lipinski definition) is 1. The Balaban J connectivity index is 2.23. The topological polar surface area (TPSA) is 41.1 Å². The van der Waals surface area contributed by atoms with Crippen molar-refractivity contribution in [1.29, 1.82) is 0 Å². The lowest BCUT2D eigenvalue weighted by molar-refractivity contribution is 0.282. The average molecular weight is 278 g/mol. The average Bonchev–Trinajstić information content (AvgIpc) is 2.76. The third-order valence-corrected chi connectivity index (χ3v) is 3.61. The maximum Gasteiger partial charge on any atom is 0.146 e. The summed E-state index contributed by atoms with van der Waals surface area (Å²) < 4.78 is 0. The molecule has 104 valence electrons. The van der Waals surface area contributed by atoms with Gasteiger partial charge in [-0.3, -0.25) is 4.90 Å². The summed E-state index contributed by atoms with van der Waals surface area (Å²) in [7, 11) is 2.12. The molecule has 0 unspecified atom stereocenters. The van der Waals surface area contributed by atoms with Crippen molar-refractivity contribution in [3.05, 3.63) is 17.3 Å². The van der Waals surface area contributed by atoms with Crippen molar-refractivity contribution in [2.24, 2.45) is 5.92 Å². The molecule has 2 rings (SSSR count). The summed E-state index contributed by atoms with van der Waals surface area (Å²) in [6.45, 7) is 9.27. The van der Waals surface area contributed by atoms with Crippen LogP contribution < -0.4 is 5.32 Å². The van der Waals surface area contributed by atoms with Crippen molar-refractivity contribution in [3.8, 4) is 0 Å². The van der Waals surface area contributed by atoms with Gasteiger partial charge in [0, 0.05) is 13.1 Å². The number of anilines is 1. The molecule has 0 fully saturated rings. The molecule has 4 nitrogen and oxygen atoms in total. The molecule has 0 radical (unpaired) electrons. The number of hydrogen-bond acceptors (Lipinski definition) is 5. The van der Waals surface area contributed by atoms with E-state index in [1.807, 2.05) is 0 Å². The Hall–Kier alpha value is -1.20. The van der Waals surface area contributed by atoms with E-state index < -0.39 is 0 Å². The van der Waals surface area contributed by atoms with Crippen molar-refractivity contribution in [1.82, 2.24) is 14.9 Å². The van der Waals surface area contributed by atoms with Gasteiger partial charge in [-0.25, -0.2) is 9.97 Å². The number of nitrogens with one attached hydrogen (secondary N) is 1. The number of rotatable bonds is 6. The maximum atomic E-state index is 4.65. The normalized spacial score (nSPS) is 11.7.